The molecule has 0 atom stereocenters. The van der Waals surface area contributed by atoms with E-state index in [1.165, 1.54) is 0 Å². The minimum absolute atomic E-state index is 0. The summed E-state index contributed by atoms with van der Waals surface area (Å²) in [7, 11) is 1.74. The van der Waals surface area contributed by atoms with Crippen molar-refractivity contribution in [2.75, 3.05) is 7.05 Å². The van der Waals surface area contributed by atoms with Crippen LogP contribution < -0.4 is 0 Å². The number of carbonyl (C=O) groups excluding carboxylic acids is 2. The van der Waals surface area contributed by atoms with Gasteiger partial charge in [0, 0.05) is 15.5 Å². The highest BCUT2D eigenvalue weighted by Gasteiger charge is 2.54. The van der Waals surface area contributed by atoms with E-state index in [-0.39, 0.29) is 32.1 Å². The van der Waals surface area contributed by atoms with Crippen LogP contribution in [-0.2, 0) is 9.59 Å². The summed E-state index contributed by atoms with van der Waals surface area (Å²) in [5.41, 5.74) is -0.350. The van der Waals surface area contributed by atoms with Crippen LogP contribution in [0.3, 0.4) is 0 Å². The van der Waals surface area contributed by atoms with Gasteiger partial charge in [0.25, 0.3) is 0 Å². The average Bonchev–Trinajstić information content (AvgIpc) is 2.03. The van der Waals surface area contributed by atoms with Gasteiger partial charge < -0.3 is 4.90 Å². The molecule has 63 valence electrons. The number of carbonyl (C=O) groups is 2. The van der Waals surface area contributed by atoms with E-state index in [2.05, 4.69) is 0 Å². The van der Waals surface area contributed by atoms with E-state index in [9.17, 15) is 9.59 Å². The molecule has 3 nitrogen and oxygen atoms in total. The van der Waals surface area contributed by atoms with Crippen LogP contribution in [0, 0.1) is 0 Å². The Hall–Kier alpha value is -0.795. The van der Waals surface area contributed by atoms with Crippen molar-refractivity contribution in [3.8, 4) is 0 Å². The molecule has 2 fully saturated rings. The zero-order valence-corrected chi connectivity index (χ0v) is 7.17. The first-order chi connectivity index (χ1) is 5.17. The Morgan fingerprint density at radius 3 is 2.08 bits per heavy atom. The number of Topliss-reactive ketones (excluding diaryl/α,β-unsaturated/α-hetero) is 1. The van der Waals surface area contributed by atoms with Gasteiger partial charge in [-0.1, -0.05) is 0 Å². The molecule has 1 saturated heterocycles. The molecule has 4 heteroatoms. The molecule has 0 aromatic carbocycles. The van der Waals surface area contributed by atoms with Crippen LogP contribution in [0.4, 0.5) is 0 Å². The Bertz CT molecular complexity index is 235. The number of nitrogens with zero attached hydrogens (tertiary/aromatic N) is 1. The Morgan fingerprint density at radius 2 is 1.92 bits per heavy atom. The number of hydrogen-bond donors (Lipinski definition) is 0. The number of likely N-dealkylation sites (N-methyl/N-ethyl adjacent to an activating group) is 1. The van der Waals surface area contributed by atoms with Gasteiger partial charge in [-0.25, -0.2) is 0 Å². The molecule has 1 amide bonds. The summed E-state index contributed by atoms with van der Waals surface area (Å²) in [4.78, 5) is 24.1. The molecule has 0 bridgehead atoms. The Kier molecular flexibility index (Phi) is 2.02. The predicted octanol–water partition coefficient (Wildman–Crippen LogP) is -0.0405. The minimum Gasteiger partial charge on any atom is -0.333 e. The SMILES string of the molecule is CN1C(=O)CC(=O)C12CCC2.[B]. The molecule has 1 aliphatic carbocycles. The second kappa shape index (κ2) is 2.61. The third-order valence-electron chi connectivity index (χ3n) is 3.03. The fourth-order valence-corrected chi connectivity index (χ4v) is 1.97. The molecule has 0 aromatic heterocycles. The van der Waals surface area contributed by atoms with Crippen LogP contribution in [0.25, 0.3) is 0 Å². The molecule has 2 aliphatic rings. The number of likely N-dealkylation sites (tertiary alicyclic amines) is 1. The van der Waals surface area contributed by atoms with Gasteiger partial charge >= 0.3 is 0 Å². The largest absolute Gasteiger partial charge is 0.333 e. The maximum Gasteiger partial charge on any atom is 0.230 e. The maximum atomic E-state index is 11.3. The van der Waals surface area contributed by atoms with Crippen LogP contribution in [0.1, 0.15) is 25.7 Å². The van der Waals surface area contributed by atoms with Crippen molar-refractivity contribution >= 4 is 20.1 Å². The van der Waals surface area contributed by atoms with Gasteiger partial charge in [-0.2, -0.15) is 0 Å². The lowest BCUT2D eigenvalue weighted by Gasteiger charge is -2.42. The molecule has 2 rings (SSSR count). The van der Waals surface area contributed by atoms with E-state index < -0.39 is 0 Å². The molecule has 0 unspecified atom stereocenters. The molecule has 0 N–H and O–H groups in total. The summed E-state index contributed by atoms with van der Waals surface area (Å²) in [5.74, 6) is 0.131. The summed E-state index contributed by atoms with van der Waals surface area (Å²) in [6, 6.07) is 0. The lowest BCUT2D eigenvalue weighted by molar-refractivity contribution is -0.134. The smallest absolute Gasteiger partial charge is 0.230 e. The molecule has 1 aliphatic heterocycles. The minimum atomic E-state index is -0.350. The van der Waals surface area contributed by atoms with E-state index in [1.54, 1.807) is 11.9 Å². The Labute approximate surface area is 73.7 Å². The van der Waals surface area contributed by atoms with Crippen LogP contribution in [0.5, 0.6) is 0 Å². The van der Waals surface area contributed by atoms with Crippen molar-refractivity contribution in [1.29, 1.82) is 0 Å². The molecule has 1 heterocycles. The highest BCUT2D eigenvalue weighted by Crippen LogP contribution is 2.42. The zero-order chi connectivity index (χ0) is 8.06. The third-order valence-corrected chi connectivity index (χ3v) is 3.03. The maximum absolute atomic E-state index is 11.3. The van der Waals surface area contributed by atoms with Crippen molar-refractivity contribution in [1.82, 2.24) is 4.90 Å². The van der Waals surface area contributed by atoms with Crippen LogP contribution in [0.15, 0.2) is 0 Å². The molecule has 3 radical (unpaired) electrons. The summed E-state index contributed by atoms with van der Waals surface area (Å²) in [6.07, 6.45) is 2.99. The predicted molar refractivity (Wildman–Crippen MR) is 44.7 cm³/mol. The fourth-order valence-electron chi connectivity index (χ4n) is 1.97. The first-order valence-corrected chi connectivity index (χ1v) is 3.97. The quantitative estimate of drug-likeness (QED) is 0.372. The van der Waals surface area contributed by atoms with Crippen molar-refractivity contribution in [3.63, 3.8) is 0 Å². The second-order valence-electron chi connectivity index (χ2n) is 3.44. The van der Waals surface area contributed by atoms with Crippen LogP contribution >= 0.6 is 0 Å². The van der Waals surface area contributed by atoms with Gasteiger partial charge in [-0.3, -0.25) is 9.59 Å². The summed E-state index contributed by atoms with van der Waals surface area (Å²) < 4.78 is 0. The second-order valence-corrected chi connectivity index (χ2v) is 3.44. The summed E-state index contributed by atoms with van der Waals surface area (Å²) >= 11 is 0. The van der Waals surface area contributed by atoms with Crippen molar-refractivity contribution in [2.45, 2.75) is 31.2 Å². The number of rotatable bonds is 0. The van der Waals surface area contributed by atoms with Crippen molar-refractivity contribution in [3.05, 3.63) is 0 Å². The van der Waals surface area contributed by atoms with Gasteiger partial charge in [-0.15, -0.1) is 0 Å². The van der Waals surface area contributed by atoms with Gasteiger partial charge in [-0.05, 0) is 19.3 Å². The van der Waals surface area contributed by atoms with Gasteiger partial charge in [0.1, 0.15) is 5.54 Å². The van der Waals surface area contributed by atoms with Crippen LogP contribution in [-0.4, -0.2) is 37.6 Å². The first kappa shape index (κ1) is 9.29. The van der Waals surface area contributed by atoms with Crippen LogP contribution in [0.2, 0.25) is 0 Å². The van der Waals surface area contributed by atoms with E-state index >= 15 is 0 Å². The normalized spacial score (nSPS) is 25.6. The Morgan fingerprint density at radius 1 is 1.33 bits per heavy atom. The third kappa shape index (κ3) is 0.837. The highest BCUT2D eigenvalue weighted by atomic mass is 16.2. The number of amides is 1. The first-order valence-electron chi connectivity index (χ1n) is 3.97. The van der Waals surface area contributed by atoms with Crippen molar-refractivity contribution < 1.29 is 9.59 Å². The fraction of sp³-hybridized carbons (Fsp3) is 0.750. The molecule has 1 saturated carbocycles. The average molecular weight is 164 g/mol. The standard InChI is InChI=1S/C8H11NO2.B/c1-9-7(11)5-6(10)8(9)3-2-4-8;/h2-5H2,1H3;. The van der Waals surface area contributed by atoms with Crippen molar-refractivity contribution in [2.24, 2.45) is 0 Å². The van der Waals surface area contributed by atoms with E-state index in [4.69, 9.17) is 0 Å². The van der Waals surface area contributed by atoms with E-state index in [0.29, 0.717) is 0 Å². The van der Waals surface area contributed by atoms with Gasteiger partial charge in [0.2, 0.25) is 5.91 Å². The molecule has 12 heavy (non-hydrogen) atoms. The van der Waals surface area contributed by atoms with E-state index in [0.717, 1.165) is 19.3 Å². The number of hydrogen-bond acceptors (Lipinski definition) is 2. The molecule has 0 aromatic rings. The summed E-state index contributed by atoms with van der Waals surface area (Å²) in [5, 5.41) is 0. The topological polar surface area (TPSA) is 37.4 Å². The molecular weight excluding hydrogens is 153 g/mol. The Balaban J connectivity index is 0.000000720. The highest BCUT2D eigenvalue weighted by molar-refractivity contribution is 6.10. The molecule has 1 spiro atoms. The number of ketones is 1. The monoisotopic (exact) mass is 164 g/mol. The lowest BCUT2D eigenvalue weighted by Crippen LogP contribution is -2.52. The molecular formula is C8H11BNO2. The lowest BCUT2D eigenvalue weighted by atomic mass is 9.74. The zero-order valence-electron chi connectivity index (χ0n) is 7.17. The summed E-state index contributed by atoms with van der Waals surface area (Å²) in [6.45, 7) is 0. The van der Waals surface area contributed by atoms with Gasteiger partial charge in [0.05, 0.1) is 6.42 Å². The van der Waals surface area contributed by atoms with Gasteiger partial charge in [0.15, 0.2) is 5.78 Å². The van der Waals surface area contributed by atoms with E-state index in [1.807, 2.05) is 0 Å².